The summed E-state index contributed by atoms with van der Waals surface area (Å²) in [5, 5.41) is 0. The van der Waals surface area contributed by atoms with E-state index in [9.17, 15) is 0 Å². The van der Waals surface area contributed by atoms with E-state index < -0.39 is 0 Å². The van der Waals surface area contributed by atoms with Gasteiger partial charge in [0.1, 0.15) is 0 Å². The summed E-state index contributed by atoms with van der Waals surface area (Å²) in [5.74, 6) is 1.72. The number of piperazine rings is 1. The van der Waals surface area contributed by atoms with Crippen molar-refractivity contribution in [3.8, 4) is 11.5 Å². The Hall–Kier alpha value is -2.57. The Labute approximate surface area is 165 Å². The lowest BCUT2D eigenvalue weighted by atomic mass is 10.1. The van der Waals surface area contributed by atoms with Crippen molar-refractivity contribution in [3.05, 3.63) is 53.3 Å². The van der Waals surface area contributed by atoms with Gasteiger partial charge in [-0.3, -0.25) is 9.80 Å². The molecule has 1 saturated heterocycles. The highest BCUT2D eigenvalue weighted by molar-refractivity contribution is 5.77. The molecule has 0 N–H and O–H groups in total. The summed E-state index contributed by atoms with van der Waals surface area (Å²) in [4.78, 5) is 9.60. The summed E-state index contributed by atoms with van der Waals surface area (Å²) in [5.41, 5.74) is 6.22. The molecule has 0 radical (unpaired) electrons. The van der Waals surface area contributed by atoms with E-state index in [0.717, 1.165) is 56.4 Å². The third kappa shape index (κ3) is 3.34. The highest BCUT2D eigenvalue weighted by Gasteiger charge is 2.19. The number of hydrogen-bond acceptors (Lipinski definition) is 5. The van der Waals surface area contributed by atoms with Crippen LogP contribution in [-0.2, 0) is 13.2 Å². The van der Waals surface area contributed by atoms with Gasteiger partial charge in [-0.2, -0.15) is 0 Å². The van der Waals surface area contributed by atoms with Gasteiger partial charge in [-0.05, 0) is 54.8 Å². The predicted molar refractivity (Wildman–Crippen MR) is 109 cm³/mol. The van der Waals surface area contributed by atoms with Crippen LogP contribution in [0.15, 0.2) is 36.7 Å². The lowest BCUT2D eigenvalue weighted by molar-refractivity contribution is 0.104. The second-order valence-electron chi connectivity index (χ2n) is 7.86. The van der Waals surface area contributed by atoms with E-state index >= 15 is 0 Å². The zero-order valence-corrected chi connectivity index (χ0v) is 16.5. The molecule has 146 valence electrons. The summed E-state index contributed by atoms with van der Waals surface area (Å²) in [7, 11) is 0. The van der Waals surface area contributed by atoms with Crippen LogP contribution in [-0.4, -0.2) is 52.3 Å². The van der Waals surface area contributed by atoms with E-state index in [1.54, 1.807) is 0 Å². The van der Waals surface area contributed by atoms with Crippen LogP contribution in [0.1, 0.15) is 16.7 Å². The van der Waals surface area contributed by atoms with Crippen molar-refractivity contribution in [1.29, 1.82) is 0 Å². The third-order valence-corrected chi connectivity index (χ3v) is 5.90. The topological polar surface area (TPSA) is 42.8 Å². The summed E-state index contributed by atoms with van der Waals surface area (Å²) >= 11 is 0. The second kappa shape index (κ2) is 7.11. The molecule has 3 heterocycles. The molecule has 3 aromatic rings. The maximum atomic E-state index is 5.50. The van der Waals surface area contributed by atoms with Gasteiger partial charge in [0.15, 0.2) is 11.5 Å². The zero-order chi connectivity index (χ0) is 19.1. The molecule has 6 heteroatoms. The highest BCUT2D eigenvalue weighted by atomic mass is 16.7. The van der Waals surface area contributed by atoms with Crippen LogP contribution >= 0.6 is 0 Å². The number of aromatic nitrogens is 2. The average Bonchev–Trinajstić information content (AvgIpc) is 3.31. The summed E-state index contributed by atoms with van der Waals surface area (Å²) in [6.07, 6.45) is 1.97. The Kier molecular flexibility index (Phi) is 4.45. The van der Waals surface area contributed by atoms with Gasteiger partial charge in [-0.1, -0.05) is 6.07 Å². The first-order chi connectivity index (χ1) is 13.7. The first kappa shape index (κ1) is 17.5. The Morgan fingerprint density at radius 1 is 0.893 bits per heavy atom. The Morgan fingerprint density at radius 3 is 2.50 bits per heavy atom. The van der Waals surface area contributed by atoms with Crippen molar-refractivity contribution in [2.24, 2.45) is 0 Å². The molecule has 0 amide bonds. The van der Waals surface area contributed by atoms with Gasteiger partial charge < -0.3 is 14.0 Å². The molecule has 1 aromatic heterocycles. The van der Waals surface area contributed by atoms with E-state index in [0.29, 0.717) is 6.79 Å². The predicted octanol–water partition coefficient (Wildman–Crippen LogP) is 3.16. The molecule has 0 atom stereocenters. The number of fused-ring (bicyclic) bond motifs is 2. The molecule has 6 nitrogen and oxygen atoms in total. The molecule has 0 unspecified atom stereocenters. The van der Waals surface area contributed by atoms with E-state index in [1.807, 2.05) is 12.4 Å². The van der Waals surface area contributed by atoms with Crippen LogP contribution < -0.4 is 9.47 Å². The molecular formula is C22H26N4O2. The molecule has 2 aromatic carbocycles. The van der Waals surface area contributed by atoms with Crippen LogP contribution in [0.4, 0.5) is 0 Å². The van der Waals surface area contributed by atoms with Crippen molar-refractivity contribution in [1.82, 2.24) is 19.4 Å². The van der Waals surface area contributed by atoms with Crippen LogP contribution in [0.3, 0.4) is 0 Å². The molecule has 0 aliphatic carbocycles. The molecule has 0 bridgehead atoms. The lowest BCUT2D eigenvalue weighted by Crippen LogP contribution is -2.46. The molecule has 0 spiro atoms. The van der Waals surface area contributed by atoms with Gasteiger partial charge in [-0.15, -0.1) is 0 Å². The molecule has 0 saturated carbocycles. The Balaban J connectivity index is 1.20. The van der Waals surface area contributed by atoms with Crippen molar-refractivity contribution >= 4 is 11.0 Å². The SMILES string of the molecule is Cc1cc2ncn(CN3CCN(Cc4ccc5c(c4)OCO5)CC3)c2cc1C. The van der Waals surface area contributed by atoms with E-state index in [4.69, 9.17) is 9.47 Å². The first-order valence-electron chi connectivity index (χ1n) is 9.91. The van der Waals surface area contributed by atoms with Crippen LogP contribution in [0.2, 0.25) is 0 Å². The van der Waals surface area contributed by atoms with Gasteiger partial charge in [0.2, 0.25) is 6.79 Å². The van der Waals surface area contributed by atoms with Crippen LogP contribution in [0, 0.1) is 13.8 Å². The summed E-state index contributed by atoms with van der Waals surface area (Å²) in [6, 6.07) is 10.7. The molecule has 1 fully saturated rings. The third-order valence-electron chi connectivity index (χ3n) is 5.90. The quantitative estimate of drug-likeness (QED) is 0.698. The molecule has 2 aliphatic rings. The van der Waals surface area contributed by atoms with Crippen molar-refractivity contribution in [2.75, 3.05) is 33.0 Å². The van der Waals surface area contributed by atoms with E-state index in [2.05, 4.69) is 57.5 Å². The average molecular weight is 378 g/mol. The standard InChI is InChI=1S/C22H26N4O2/c1-16-9-19-20(10-17(16)2)26(13-23-19)14-25-7-5-24(6-8-25)12-18-3-4-21-22(11-18)28-15-27-21/h3-4,9-11,13H,5-8,12,14-15H2,1-2H3. The van der Waals surface area contributed by atoms with E-state index in [1.165, 1.54) is 22.2 Å². The normalized spacial score (nSPS) is 17.5. The van der Waals surface area contributed by atoms with Gasteiger partial charge >= 0.3 is 0 Å². The van der Waals surface area contributed by atoms with Gasteiger partial charge in [0.05, 0.1) is 24.0 Å². The molecular weight excluding hydrogens is 352 g/mol. The lowest BCUT2D eigenvalue weighted by Gasteiger charge is -2.34. The second-order valence-corrected chi connectivity index (χ2v) is 7.86. The Morgan fingerprint density at radius 2 is 1.64 bits per heavy atom. The smallest absolute Gasteiger partial charge is 0.231 e. The van der Waals surface area contributed by atoms with Crippen molar-refractivity contribution in [3.63, 3.8) is 0 Å². The maximum Gasteiger partial charge on any atom is 0.231 e. The largest absolute Gasteiger partial charge is 0.454 e. The number of ether oxygens (including phenoxy) is 2. The number of benzene rings is 2. The van der Waals surface area contributed by atoms with Gasteiger partial charge in [-0.25, -0.2) is 4.98 Å². The number of hydrogen-bond donors (Lipinski definition) is 0. The van der Waals surface area contributed by atoms with Gasteiger partial charge in [0.25, 0.3) is 0 Å². The van der Waals surface area contributed by atoms with Crippen LogP contribution in [0.5, 0.6) is 11.5 Å². The highest BCUT2D eigenvalue weighted by Crippen LogP contribution is 2.32. The fourth-order valence-corrected chi connectivity index (χ4v) is 4.03. The van der Waals surface area contributed by atoms with Crippen molar-refractivity contribution < 1.29 is 9.47 Å². The van der Waals surface area contributed by atoms with Gasteiger partial charge in [0, 0.05) is 32.7 Å². The Bertz CT molecular complexity index is 1010. The monoisotopic (exact) mass is 378 g/mol. The fraction of sp³-hybridized carbons (Fsp3) is 0.409. The van der Waals surface area contributed by atoms with E-state index in [-0.39, 0.29) is 0 Å². The molecule has 2 aliphatic heterocycles. The maximum absolute atomic E-state index is 5.50. The minimum Gasteiger partial charge on any atom is -0.454 e. The van der Waals surface area contributed by atoms with Crippen molar-refractivity contribution in [2.45, 2.75) is 27.1 Å². The number of nitrogens with zero attached hydrogens (tertiary/aromatic N) is 4. The number of aryl methyl sites for hydroxylation is 2. The van der Waals surface area contributed by atoms with Crippen LogP contribution in [0.25, 0.3) is 11.0 Å². The minimum absolute atomic E-state index is 0.333. The minimum atomic E-state index is 0.333. The number of rotatable bonds is 4. The number of imidazole rings is 1. The zero-order valence-electron chi connectivity index (χ0n) is 16.5. The fourth-order valence-electron chi connectivity index (χ4n) is 4.03. The summed E-state index contributed by atoms with van der Waals surface area (Å²) in [6.45, 7) is 10.8. The first-order valence-corrected chi connectivity index (χ1v) is 9.91. The molecule has 28 heavy (non-hydrogen) atoms. The molecule has 5 rings (SSSR count). The summed E-state index contributed by atoms with van der Waals surface area (Å²) < 4.78 is 13.2.